The fraction of sp³-hybridized carbons (Fsp3) is 0.474. The summed E-state index contributed by atoms with van der Waals surface area (Å²) in [6.45, 7) is 7.83. The minimum atomic E-state index is -1.08. The number of carbonyl (C=O) groups is 1. The zero-order valence-electron chi connectivity index (χ0n) is 14.6. The molecule has 2 aromatic rings. The van der Waals surface area contributed by atoms with Crippen molar-refractivity contribution in [2.24, 2.45) is 5.41 Å². The summed E-state index contributed by atoms with van der Waals surface area (Å²) in [5, 5.41) is 0.769. The molecule has 0 radical (unpaired) electrons. The van der Waals surface area contributed by atoms with Gasteiger partial charge in [0.1, 0.15) is 21.9 Å². The normalized spacial score (nSPS) is 21.6. The van der Waals surface area contributed by atoms with Crippen molar-refractivity contribution in [3.8, 4) is 0 Å². The fourth-order valence-corrected chi connectivity index (χ4v) is 3.75. The average molecular weight is 383 g/mol. The molecular formula is C19H20Cl2O4. The van der Waals surface area contributed by atoms with Gasteiger partial charge >= 0.3 is 11.6 Å². The van der Waals surface area contributed by atoms with Gasteiger partial charge < -0.3 is 9.15 Å². The highest BCUT2D eigenvalue weighted by atomic mass is 35.5. The number of alkyl halides is 2. The second-order valence-corrected chi connectivity index (χ2v) is 8.72. The standard InChI is InChI=1S/C19H20Cl2O4/c1-10(2)13-7-14-12(6-16(22)25-15(14)5-11(13)3)8-24-17(23)18(4)9-19(18,20)21/h5-7,10H,8-9H2,1-4H3/t18-/m0/s1. The summed E-state index contributed by atoms with van der Waals surface area (Å²) in [6.07, 6.45) is 0.357. The van der Waals surface area contributed by atoms with Crippen LogP contribution in [0.1, 0.15) is 49.8 Å². The van der Waals surface area contributed by atoms with Crippen molar-refractivity contribution >= 4 is 40.1 Å². The van der Waals surface area contributed by atoms with Crippen LogP contribution in [0.25, 0.3) is 11.0 Å². The predicted molar refractivity (Wildman–Crippen MR) is 98.3 cm³/mol. The van der Waals surface area contributed by atoms with Crippen molar-refractivity contribution in [3.05, 3.63) is 45.3 Å². The first kappa shape index (κ1) is 18.3. The molecule has 1 aromatic heterocycles. The fourth-order valence-electron chi connectivity index (χ4n) is 3.06. The quantitative estimate of drug-likeness (QED) is 0.430. The number of rotatable bonds is 4. The van der Waals surface area contributed by atoms with Crippen LogP contribution in [0.4, 0.5) is 0 Å². The van der Waals surface area contributed by atoms with Crippen molar-refractivity contribution in [1.82, 2.24) is 0 Å². The first-order valence-electron chi connectivity index (χ1n) is 8.17. The molecule has 0 bridgehead atoms. The second-order valence-electron chi connectivity index (χ2n) is 7.24. The van der Waals surface area contributed by atoms with Crippen LogP contribution in [0.5, 0.6) is 0 Å². The molecule has 1 aromatic carbocycles. The van der Waals surface area contributed by atoms with E-state index in [0.717, 1.165) is 16.5 Å². The number of halogens is 2. The van der Waals surface area contributed by atoms with E-state index in [1.54, 1.807) is 6.92 Å². The number of hydrogen-bond acceptors (Lipinski definition) is 4. The lowest BCUT2D eigenvalue weighted by atomic mass is 9.95. The van der Waals surface area contributed by atoms with Crippen LogP contribution in [0.3, 0.4) is 0 Å². The van der Waals surface area contributed by atoms with Crippen molar-refractivity contribution in [2.75, 3.05) is 0 Å². The highest BCUT2D eigenvalue weighted by Crippen LogP contribution is 2.64. The molecule has 0 amide bonds. The largest absolute Gasteiger partial charge is 0.460 e. The van der Waals surface area contributed by atoms with Crippen LogP contribution in [-0.2, 0) is 16.1 Å². The summed E-state index contributed by atoms with van der Waals surface area (Å²) in [5.74, 6) is -0.139. The highest BCUT2D eigenvalue weighted by molar-refractivity contribution is 6.53. The molecule has 1 fully saturated rings. The van der Waals surface area contributed by atoms with E-state index < -0.39 is 21.3 Å². The monoisotopic (exact) mass is 382 g/mol. The number of fused-ring (bicyclic) bond motifs is 1. The van der Waals surface area contributed by atoms with Gasteiger partial charge in [-0.3, -0.25) is 4.79 Å². The molecule has 1 atom stereocenters. The predicted octanol–water partition coefficient (Wildman–Crippen LogP) is 4.85. The Hall–Kier alpha value is -1.52. The van der Waals surface area contributed by atoms with E-state index in [-0.39, 0.29) is 6.61 Å². The lowest BCUT2D eigenvalue weighted by Crippen LogP contribution is -2.21. The SMILES string of the molecule is Cc1cc2oc(=O)cc(COC(=O)[C@]3(C)CC3(Cl)Cl)c2cc1C(C)C. The molecule has 1 saturated carbocycles. The Labute approximate surface area is 156 Å². The number of aryl methyl sites for hydroxylation is 1. The zero-order valence-corrected chi connectivity index (χ0v) is 16.1. The van der Waals surface area contributed by atoms with Gasteiger partial charge in [0, 0.05) is 23.4 Å². The minimum absolute atomic E-state index is 0.0268. The molecule has 25 heavy (non-hydrogen) atoms. The van der Waals surface area contributed by atoms with Crippen LogP contribution < -0.4 is 5.63 Å². The van der Waals surface area contributed by atoms with Crippen LogP contribution in [0, 0.1) is 12.3 Å². The van der Waals surface area contributed by atoms with Gasteiger partial charge in [0.25, 0.3) is 0 Å². The van der Waals surface area contributed by atoms with Crippen LogP contribution >= 0.6 is 23.2 Å². The maximum atomic E-state index is 12.3. The van der Waals surface area contributed by atoms with Crippen LogP contribution in [0.15, 0.2) is 27.4 Å². The van der Waals surface area contributed by atoms with Crippen molar-refractivity contribution in [1.29, 1.82) is 0 Å². The molecule has 0 aliphatic heterocycles. The number of ether oxygens (including phenoxy) is 1. The Kier molecular flexibility index (Phi) is 4.41. The topological polar surface area (TPSA) is 56.5 Å². The Morgan fingerprint density at radius 2 is 1.96 bits per heavy atom. The Morgan fingerprint density at radius 1 is 1.32 bits per heavy atom. The zero-order chi connectivity index (χ0) is 18.6. The summed E-state index contributed by atoms with van der Waals surface area (Å²) in [5.41, 5.74) is 1.94. The highest BCUT2D eigenvalue weighted by Gasteiger charge is 2.69. The lowest BCUT2D eigenvalue weighted by molar-refractivity contribution is -0.150. The summed E-state index contributed by atoms with van der Waals surface area (Å²) < 4.78 is 9.62. The van der Waals surface area contributed by atoms with Crippen molar-refractivity contribution in [2.45, 2.75) is 51.0 Å². The van der Waals surface area contributed by atoms with E-state index in [4.69, 9.17) is 32.4 Å². The van der Waals surface area contributed by atoms with Crippen LogP contribution in [-0.4, -0.2) is 10.3 Å². The Morgan fingerprint density at radius 3 is 2.52 bits per heavy atom. The van der Waals surface area contributed by atoms with Gasteiger partial charge in [-0.05, 0) is 43.0 Å². The number of benzene rings is 1. The van der Waals surface area contributed by atoms with E-state index in [9.17, 15) is 9.59 Å². The molecule has 1 aliphatic carbocycles. The van der Waals surface area contributed by atoms with Gasteiger partial charge in [0.05, 0.1) is 0 Å². The summed E-state index contributed by atoms with van der Waals surface area (Å²) in [4.78, 5) is 24.1. The summed E-state index contributed by atoms with van der Waals surface area (Å²) in [6, 6.07) is 5.20. The number of carbonyl (C=O) groups excluding carboxylic acids is 1. The maximum absolute atomic E-state index is 12.3. The van der Waals surface area contributed by atoms with Crippen molar-refractivity contribution < 1.29 is 13.9 Å². The number of hydrogen-bond donors (Lipinski definition) is 0. The number of esters is 1. The first-order chi connectivity index (χ1) is 11.5. The average Bonchev–Trinajstić information content (AvgIpc) is 3.03. The molecule has 4 nitrogen and oxygen atoms in total. The van der Waals surface area contributed by atoms with Crippen molar-refractivity contribution in [3.63, 3.8) is 0 Å². The Bertz CT molecular complexity index is 914. The van der Waals surface area contributed by atoms with Gasteiger partial charge in [0.2, 0.25) is 0 Å². The molecular weight excluding hydrogens is 363 g/mol. The molecule has 1 aliphatic rings. The van der Waals surface area contributed by atoms with Gasteiger partial charge in [-0.15, -0.1) is 23.2 Å². The molecule has 134 valence electrons. The van der Waals surface area contributed by atoms with E-state index in [2.05, 4.69) is 13.8 Å². The van der Waals surface area contributed by atoms with Gasteiger partial charge in [-0.25, -0.2) is 4.79 Å². The summed E-state index contributed by atoms with van der Waals surface area (Å²) in [7, 11) is 0. The van der Waals surface area contributed by atoms with Gasteiger partial charge in [0.15, 0.2) is 0 Å². The van der Waals surface area contributed by atoms with E-state index in [1.165, 1.54) is 6.07 Å². The van der Waals surface area contributed by atoms with Gasteiger partial charge in [-0.1, -0.05) is 13.8 Å². The lowest BCUT2D eigenvalue weighted by Gasteiger charge is -2.15. The molecule has 0 N–H and O–H groups in total. The third-order valence-corrected chi connectivity index (χ3v) is 6.01. The third-order valence-electron chi connectivity index (χ3n) is 4.91. The molecule has 1 heterocycles. The van der Waals surface area contributed by atoms with Crippen LogP contribution in [0.2, 0.25) is 0 Å². The van der Waals surface area contributed by atoms with Gasteiger partial charge in [-0.2, -0.15) is 0 Å². The third kappa shape index (κ3) is 3.18. The van der Waals surface area contributed by atoms with E-state index in [0.29, 0.717) is 23.5 Å². The molecule has 0 spiro atoms. The smallest absolute Gasteiger partial charge is 0.336 e. The maximum Gasteiger partial charge on any atom is 0.336 e. The molecule has 0 unspecified atom stereocenters. The minimum Gasteiger partial charge on any atom is -0.460 e. The summed E-state index contributed by atoms with van der Waals surface area (Å²) >= 11 is 12.0. The van der Waals surface area contributed by atoms with E-state index >= 15 is 0 Å². The molecule has 3 rings (SSSR count). The molecule has 6 heteroatoms. The first-order valence-corrected chi connectivity index (χ1v) is 8.93. The second kappa shape index (κ2) is 6.03. The molecule has 0 saturated heterocycles. The van der Waals surface area contributed by atoms with E-state index in [1.807, 2.05) is 19.1 Å². The Balaban J connectivity index is 1.94.